The van der Waals surface area contributed by atoms with Gasteiger partial charge < -0.3 is 0 Å². The topological polar surface area (TPSA) is 82.7 Å². The number of rotatable bonds is 3. The number of hydrazine groups is 1. The summed E-state index contributed by atoms with van der Waals surface area (Å²) in [4.78, 5) is 21.9. The van der Waals surface area contributed by atoms with E-state index in [1.54, 1.807) is 7.05 Å². The molecule has 0 aliphatic rings. The molecule has 0 atom stereocenters. The molecule has 0 spiro atoms. The van der Waals surface area contributed by atoms with Gasteiger partial charge in [0.1, 0.15) is 5.82 Å². The number of aryl methyl sites for hydroxylation is 1. The van der Waals surface area contributed by atoms with E-state index in [1.165, 1.54) is 0 Å². The van der Waals surface area contributed by atoms with Gasteiger partial charge in [0, 0.05) is 12.6 Å². The Labute approximate surface area is 98.1 Å². The largest absolute Gasteiger partial charge is 0.349 e. The fourth-order valence-corrected chi connectivity index (χ4v) is 1.52. The van der Waals surface area contributed by atoms with Gasteiger partial charge in [0.15, 0.2) is 0 Å². The number of H-pyrrole nitrogens is 1. The number of anilines is 1. The van der Waals surface area contributed by atoms with Crippen LogP contribution in [0.4, 0.5) is 5.95 Å². The van der Waals surface area contributed by atoms with Crippen molar-refractivity contribution in [3.63, 3.8) is 0 Å². The molecule has 0 saturated carbocycles. The van der Waals surface area contributed by atoms with E-state index >= 15 is 0 Å². The lowest BCUT2D eigenvalue weighted by atomic mass is 10.1. The van der Waals surface area contributed by atoms with E-state index in [1.807, 2.05) is 31.2 Å². The van der Waals surface area contributed by atoms with Crippen LogP contribution in [-0.4, -0.2) is 22.0 Å². The Hall–Kier alpha value is -2.21. The summed E-state index contributed by atoms with van der Waals surface area (Å²) in [5, 5.41) is 0. The second-order valence-corrected chi connectivity index (χ2v) is 3.52. The lowest BCUT2D eigenvalue weighted by Gasteiger charge is -2.06. The first-order valence-corrected chi connectivity index (χ1v) is 5.18. The van der Waals surface area contributed by atoms with Crippen molar-refractivity contribution >= 4 is 5.95 Å². The molecular formula is C11H13N5O. The van der Waals surface area contributed by atoms with Crippen LogP contribution >= 0.6 is 0 Å². The molecule has 17 heavy (non-hydrogen) atoms. The van der Waals surface area contributed by atoms with Gasteiger partial charge in [-0.15, -0.1) is 0 Å². The van der Waals surface area contributed by atoms with Crippen LogP contribution in [0.25, 0.3) is 11.4 Å². The van der Waals surface area contributed by atoms with Gasteiger partial charge in [-0.05, 0) is 12.5 Å². The monoisotopic (exact) mass is 231 g/mol. The molecule has 88 valence electrons. The molecule has 1 aromatic carbocycles. The van der Waals surface area contributed by atoms with Gasteiger partial charge in [-0.1, -0.05) is 24.3 Å². The Kier molecular flexibility index (Phi) is 3.15. The van der Waals surface area contributed by atoms with E-state index < -0.39 is 5.69 Å². The molecular weight excluding hydrogens is 218 g/mol. The number of benzene rings is 1. The molecule has 0 unspecified atom stereocenters. The Morgan fingerprint density at radius 1 is 1.24 bits per heavy atom. The highest BCUT2D eigenvalue weighted by Gasteiger charge is 2.06. The molecule has 6 nitrogen and oxygen atoms in total. The lowest BCUT2D eigenvalue weighted by Crippen LogP contribution is -2.22. The first kappa shape index (κ1) is 11.3. The fraction of sp³-hybridized carbons (Fsp3) is 0.182. The second kappa shape index (κ2) is 4.75. The first-order chi connectivity index (χ1) is 8.20. The Balaban J connectivity index is 2.52. The average Bonchev–Trinajstić information content (AvgIpc) is 2.29. The van der Waals surface area contributed by atoms with Crippen molar-refractivity contribution in [2.45, 2.75) is 6.92 Å². The van der Waals surface area contributed by atoms with E-state index in [0.717, 1.165) is 11.1 Å². The predicted molar refractivity (Wildman–Crippen MR) is 65.5 cm³/mol. The Bertz CT molecular complexity index is 578. The second-order valence-electron chi connectivity index (χ2n) is 3.52. The van der Waals surface area contributed by atoms with Crippen LogP contribution in [0.3, 0.4) is 0 Å². The van der Waals surface area contributed by atoms with Crippen LogP contribution in [0.1, 0.15) is 5.56 Å². The predicted octanol–water partition coefficient (Wildman–Crippen LogP) is 0.687. The summed E-state index contributed by atoms with van der Waals surface area (Å²) in [5.41, 5.74) is 6.85. The van der Waals surface area contributed by atoms with Crippen LogP contribution in [0.15, 0.2) is 29.1 Å². The van der Waals surface area contributed by atoms with Crippen molar-refractivity contribution in [1.82, 2.24) is 20.4 Å². The highest BCUT2D eigenvalue weighted by molar-refractivity contribution is 5.60. The van der Waals surface area contributed by atoms with E-state index in [2.05, 4.69) is 25.8 Å². The lowest BCUT2D eigenvalue weighted by molar-refractivity contribution is 0.905. The standard InChI is InChI=1S/C11H13N5O/c1-7-5-3-4-6-8(7)9-13-10(16-12-2)15-11(17)14-9/h3-6,12H,1-2H3,(H2,13,14,15,16,17). The molecule has 0 aliphatic carbocycles. The molecule has 0 saturated heterocycles. The van der Waals surface area contributed by atoms with Crippen molar-refractivity contribution in [1.29, 1.82) is 0 Å². The van der Waals surface area contributed by atoms with Gasteiger partial charge in [-0.2, -0.15) is 9.97 Å². The Morgan fingerprint density at radius 3 is 2.71 bits per heavy atom. The van der Waals surface area contributed by atoms with Crippen molar-refractivity contribution in [3.8, 4) is 11.4 Å². The molecule has 1 aromatic heterocycles. The maximum absolute atomic E-state index is 11.4. The third kappa shape index (κ3) is 2.48. The molecule has 0 fully saturated rings. The number of aromatic amines is 1. The van der Waals surface area contributed by atoms with E-state index in [-0.39, 0.29) is 5.95 Å². The summed E-state index contributed by atoms with van der Waals surface area (Å²) in [7, 11) is 1.68. The summed E-state index contributed by atoms with van der Waals surface area (Å²) >= 11 is 0. The van der Waals surface area contributed by atoms with Crippen molar-refractivity contribution in [2.75, 3.05) is 12.5 Å². The van der Waals surface area contributed by atoms with Crippen LogP contribution in [0.2, 0.25) is 0 Å². The van der Waals surface area contributed by atoms with E-state index in [0.29, 0.717) is 5.82 Å². The van der Waals surface area contributed by atoms with Crippen LogP contribution in [0, 0.1) is 6.92 Å². The van der Waals surface area contributed by atoms with Crippen molar-refractivity contribution in [2.24, 2.45) is 0 Å². The summed E-state index contributed by atoms with van der Waals surface area (Å²) in [6, 6.07) is 7.69. The normalized spacial score (nSPS) is 10.2. The SMILES string of the molecule is CNNc1nc(-c2ccccc2C)[nH]c(=O)n1. The van der Waals surface area contributed by atoms with Crippen LogP contribution in [0.5, 0.6) is 0 Å². The third-order valence-electron chi connectivity index (χ3n) is 2.29. The number of nitrogens with zero attached hydrogens (tertiary/aromatic N) is 2. The highest BCUT2D eigenvalue weighted by Crippen LogP contribution is 2.18. The summed E-state index contributed by atoms with van der Waals surface area (Å²) < 4.78 is 0. The van der Waals surface area contributed by atoms with Gasteiger partial charge in [0.2, 0.25) is 5.95 Å². The quantitative estimate of drug-likeness (QED) is 0.677. The molecule has 1 heterocycles. The van der Waals surface area contributed by atoms with Gasteiger partial charge in [-0.3, -0.25) is 10.4 Å². The van der Waals surface area contributed by atoms with Crippen LogP contribution in [-0.2, 0) is 0 Å². The minimum Gasteiger partial charge on any atom is -0.290 e. The maximum Gasteiger partial charge on any atom is 0.349 e. The zero-order chi connectivity index (χ0) is 12.3. The minimum absolute atomic E-state index is 0.245. The molecule has 2 rings (SSSR count). The van der Waals surface area contributed by atoms with E-state index in [4.69, 9.17) is 0 Å². The minimum atomic E-state index is -0.434. The molecule has 0 aliphatic heterocycles. The average molecular weight is 231 g/mol. The molecule has 0 bridgehead atoms. The first-order valence-electron chi connectivity index (χ1n) is 5.18. The zero-order valence-corrected chi connectivity index (χ0v) is 9.61. The molecule has 2 aromatic rings. The molecule has 0 amide bonds. The highest BCUT2D eigenvalue weighted by atomic mass is 16.1. The molecule has 0 radical (unpaired) electrons. The summed E-state index contributed by atoms with van der Waals surface area (Å²) in [5.74, 6) is 0.746. The zero-order valence-electron chi connectivity index (χ0n) is 9.61. The van der Waals surface area contributed by atoms with Crippen molar-refractivity contribution < 1.29 is 0 Å². The number of hydrogen-bond donors (Lipinski definition) is 3. The van der Waals surface area contributed by atoms with Crippen molar-refractivity contribution in [3.05, 3.63) is 40.3 Å². The third-order valence-corrected chi connectivity index (χ3v) is 2.29. The summed E-state index contributed by atoms with van der Waals surface area (Å²) in [6.45, 7) is 1.96. The maximum atomic E-state index is 11.4. The van der Waals surface area contributed by atoms with E-state index in [9.17, 15) is 4.79 Å². The number of hydrogen-bond acceptors (Lipinski definition) is 5. The van der Waals surface area contributed by atoms with Gasteiger partial charge in [-0.25, -0.2) is 10.2 Å². The van der Waals surface area contributed by atoms with Gasteiger partial charge in [0.05, 0.1) is 0 Å². The number of aromatic nitrogens is 3. The fourth-order valence-electron chi connectivity index (χ4n) is 1.52. The number of nitrogens with one attached hydrogen (secondary N) is 3. The molecule has 3 N–H and O–H groups in total. The van der Waals surface area contributed by atoms with Gasteiger partial charge >= 0.3 is 5.69 Å². The molecule has 6 heteroatoms. The van der Waals surface area contributed by atoms with Gasteiger partial charge in [0.25, 0.3) is 0 Å². The Morgan fingerprint density at radius 2 is 2.00 bits per heavy atom. The smallest absolute Gasteiger partial charge is 0.290 e. The summed E-state index contributed by atoms with van der Waals surface area (Å²) in [6.07, 6.45) is 0. The van der Waals surface area contributed by atoms with Crippen LogP contribution < -0.4 is 16.5 Å².